The van der Waals surface area contributed by atoms with Crippen molar-refractivity contribution in [1.82, 2.24) is 10.2 Å². The van der Waals surface area contributed by atoms with Crippen LogP contribution in [0.4, 0.5) is 0 Å². The van der Waals surface area contributed by atoms with Gasteiger partial charge < -0.3 is 10.1 Å². The number of Topliss-reactive ketones (excluding diaryl/α,β-unsaturated/α-hetero) is 1. The average Bonchev–Trinajstić information content (AvgIpc) is 3.18. The maximum atomic E-state index is 12.3. The zero-order valence-electron chi connectivity index (χ0n) is 15.0. The molecular formula is C20H24N2O3S. The van der Waals surface area contributed by atoms with Crippen molar-refractivity contribution in [3.8, 4) is 10.4 Å². The van der Waals surface area contributed by atoms with Crippen molar-refractivity contribution >= 4 is 23.0 Å². The van der Waals surface area contributed by atoms with E-state index in [1.807, 2.05) is 43.3 Å². The Kier molecular flexibility index (Phi) is 6.55. The molecule has 1 amide bonds. The Morgan fingerprint density at radius 1 is 1.12 bits per heavy atom. The molecular weight excluding hydrogens is 348 g/mol. The molecule has 0 spiro atoms. The molecule has 1 saturated heterocycles. The summed E-state index contributed by atoms with van der Waals surface area (Å²) in [6.45, 7) is 6.73. The van der Waals surface area contributed by atoms with E-state index in [4.69, 9.17) is 4.74 Å². The van der Waals surface area contributed by atoms with E-state index in [0.29, 0.717) is 18.5 Å². The van der Waals surface area contributed by atoms with Crippen LogP contribution in [0.5, 0.6) is 0 Å². The SMILES string of the molecule is CCC(=O)c1ccc(-c2ccc(C(=O)NCCN3CCOCC3)cc2)s1. The third kappa shape index (κ3) is 4.78. The molecule has 0 radical (unpaired) electrons. The smallest absolute Gasteiger partial charge is 0.251 e. The maximum absolute atomic E-state index is 12.3. The van der Waals surface area contributed by atoms with E-state index in [0.717, 1.165) is 48.2 Å². The number of rotatable bonds is 7. The summed E-state index contributed by atoms with van der Waals surface area (Å²) in [6.07, 6.45) is 0.517. The van der Waals surface area contributed by atoms with Gasteiger partial charge in [0, 0.05) is 43.0 Å². The highest BCUT2D eigenvalue weighted by Gasteiger charge is 2.12. The van der Waals surface area contributed by atoms with Crippen LogP contribution in [-0.2, 0) is 4.74 Å². The minimum atomic E-state index is -0.0576. The first-order valence-electron chi connectivity index (χ1n) is 8.99. The third-order valence-electron chi connectivity index (χ3n) is 4.45. The summed E-state index contributed by atoms with van der Waals surface area (Å²) in [6, 6.07) is 11.4. The second-order valence-electron chi connectivity index (χ2n) is 6.23. The number of morpholine rings is 1. The Morgan fingerprint density at radius 3 is 2.54 bits per heavy atom. The minimum absolute atomic E-state index is 0.0576. The van der Waals surface area contributed by atoms with Crippen LogP contribution in [0.25, 0.3) is 10.4 Å². The molecule has 1 aromatic carbocycles. The summed E-state index contributed by atoms with van der Waals surface area (Å²) in [5, 5.41) is 2.97. The van der Waals surface area contributed by atoms with E-state index < -0.39 is 0 Å². The van der Waals surface area contributed by atoms with E-state index in [-0.39, 0.29) is 11.7 Å². The number of thiophene rings is 1. The maximum Gasteiger partial charge on any atom is 0.251 e. The van der Waals surface area contributed by atoms with Gasteiger partial charge in [-0.15, -0.1) is 11.3 Å². The van der Waals surface area contributed by atoms with Crippen LogP contribution < -0.4 is 5.32 Å². The van der Waals surface area contributed by atoms with Crippen LogP contribution in [0.1, 0.15) is 33.4 Å². The van der Waals surface area contributed by atoms with Gasteiger partial charge in [0.25, 0.3) is 5.91 Å². The fourth-order valence-corrected chi connectivity index (χ4v) is 3.88. The highest BCUT2D eigenvalue weighted by molar-refractivity contribution is 7.17. The van der Waals surface area contributed by atoms with Crippen molar-refractivity contribution in [3.63, 3.8) is 0 Å². The quantitative estimate of drug-likeness (QED) is 0.759. The monoisotopic (exact) mass is 372 g/mol. The lowest BCUT2D eigenvalue weighted by Gasteiger charge is -2.26. The minimum Gasteiger partial charge on any atom is -0.379 e. The second-order valence-corrected chi connectivity index (χ2v) is 7.31. The van der Waals surface area contributed by atoms with Gasteiger partial charge in [0.05, 0.1) is 18.1 Å². The molecule has 1 aliphatic rings. The van der Waals surface area contributed by atoms with Crippen LogP contribution >= 0.6 is 11.3 Å². The molecule has 0 aliphatic carbocycles. The number of hydrogen-bond acceptors (Lipinski definition) is 5. The molecule has 2 heterocycles. The molecule has 5 nitrogen and oxygen atoms in total. The molecule has 0 atom stereocenters. The van der Waals surface area contributed by atoms with Gasteiger partial charge in [-0.3, -0.25) is 14.5 Å². The summed E-state index contributed by atoms with van der Waals surface area (Å²) >= 11 is 1.50. The largest absolute Gasteiger partial charge is 0.379 e. The molecule has 0 unspecified atom stereocenters. The van der Waals surface area contributed by atoms with Crippen molar-refractivity contribution in [2.45, 2.75) is 13.3 Å². The molecule has 26 heavy (non-hydrogen) atoms. The van der Waals surface area contributed by atoms with Gasteiger partial charge in [-0.1, -0.05) is 19.1 Å². The normalized spacial score (nSPS) is 15.0. The van der Waals surface area contributed by atoms with Gasteiger partial charge in [0.1, 0.15) is 0 Å². The van der Waals surface area contributed by atoms with Crippen LogP contribution in [-0.4, -0.2) is 56.0 Å². The third-order valence-corrected chi connectivity index (χ3v) is 5.63. The Bertz CT molecular complexity index is 749. The van der Waals surface area contributed by atoms with Gasteiger partial charge >= 0.3 is 0 Å². The van der Waals surface area contributed by atoms with Crippen molar-refractivity contribution < 1.29 is 14.3 Å². The first kappa shape index (κ1) is 18.8. The van der Waals surface area contributed by atoms with E-state index in [1.54, 1.807) is 0 Å². The fourth-order valence-electron chi connectivity index (χ4n) is 2.86. The standard InChI is InChI=1S/C20H24N2O3S/c1-2-17(23)19-8-7-18(26-19)15-3-5-16(6-4-15)20(24)21-9-10-22-11-13-25-14-12-22/h3-8H,2,9-14H2,1H3,(H,21,24). The van der Waals surface area contributed by atoms with E-state index in [9.17, 15) is 9.59 Å². The molecule has 3 rings (SSSR count). The van der Waals surface area contributed by atoms with E-state index in [1.165, 1.54) is 11.3 Å². The summed E-state index contributed by atoms with van der Waals surface area (Å²) in [5.74, 6) is 0.107. The van der Waals surface area contributed by atoms with Crippen molar-refractivity contribution in [2.75, 3.05) is 39.4 Å². The average molecular weight is 372 g/mol. The van der Waals surface area contributed by atoms with Gasteiger partial charge in [0.15, 0.2) is 5.78 Å². The van der Waals surface area contributed by atoms with Gasteiger partial charge in [-0.2, -0.15) is 0 Å². The number of nitrogens with one attached hydrogen (secondary N) is 1. The van der Waals surface area contributed by atoms with Crippen LogP contribution in [0.3, 0.4) is 0 Å². The topological polar surface area (TPSA) is 58.6 Å². The number of ketones is 1. The second kappa shape index (κ2) is 9.07. The zero-order valence-corrected chi connectivity index (χ0v) is 15.8. The molecule has 0 bridgehead atoms. The lowest BCUT2D eigenvalue weighted by molar-refractivity contribution is 0.0383. The highest BCUT2D eigenvalue weighted by Crippen LogP contribution is 2.29. The summed E-state index contributed by atoms with van der Waals surface area (Å²) < 4.78 is 5.32. The van der Waals surface area contributed by atoms with Crippen molar-refractivity contribution in [1.29, 1.82) is 0 Å². The number of nitrogens with zero attached hydrogens (tertiary/aromatic N) is 1. The zero-order chi connectivity index (χ0) is 18.4. The summed E-state index contributed by atoms with van der Waals surface area (Å²) in [4.78, 5) is 28.2. The summed E-state index contributed by atoms with van der Waals surface area (Å²) in [7, 11) is 0. The highest BCUT2D eigenvalue weighted by atomic mass is 32.1. The first-order valence-corrected chi connectivity index (χ1v) is 9.81. The van der Waals surface area contributed by atoms with E-state index in [2.05, 4.69) is 10.2 Å². The van der Waals surface area contributed by atoms with Gasteiger partial charge in [0.2, 0.25) is 0 Å². The Hall–Kier alpha value is -2.02. The predicted octanol–water partition coefficient (Wildman–Crippen LogP) is 3.07. The molecule has 138 valence electrons. The van der Waals surface area contributed by atoms with Crippen molar-refractivity contribution in [3.05, 3.63) is 46.8 Å². The Morgan fingerprint density at radius 2 is 1.85 bits per heavy atom. The van der Waals surface area contributed by atoms with E-state index >= 15 is 0 Å². The predicted molar refractivity (Wildman–Crippen MR) is 104 cm³/mol. The molecule has 0 saturated carbocycles. The number of carbonyl (C=O) groups excluding carboxylic acids is 2. The molecule has 1 aromatic heterocycles. The lowest BCUT2D eigenvalue weighted by Crippen LogP contribution is -2.41. The fraction of sp³-hybridized carbons (Fsp3) is 0.400. The van der Waals surface area contributed by atoms with Crippen LogP contribution in [0, 0.1) is 0 Å². The van der Waals surface area contributed by atoms with Gasteiger partial charge in [-0.05, 0) is 29.8 Å². The summed E-state index contributed by atoms with van der Waals surface area (Å²) in [5.41, 5.74) is 1.67. The number of carbonyl (C=O) groups is 2. The number of amides is 1. The number of benzene rings is 1. The van der Waals surface area contributed by atoms with Crippen LogP contribution in [0.15, 0.2) is 36.4 Å². The first-order chi connectivity index (χ1) is 12.7. The molecule has 1 N–H and O–H groups in total. The van der Waals surface area contributed by atoms with Crippen molar-refractivity contribution in [2.24, 2.45) is 0 Å². The lowest BCUT2D eigenvalue weighted by atomic mass is 10.1. The number of hydrogen-bond donors (Lipinski definition) is 1. The van der Waals surface area contributed by atoms with Crippen LogP contribution in [0.2, 0.25) is 0 Å². The Labute approximate surface area is 158 Å². The molecule has 6 heteroatoms. The molecule has 1 fully saturated rings. The molecule has 1 aliphatic heterocycles. The Balaban J connectivity index is 1.54. The number of ether oxygens (including phenoxy) is 1. The van der Waals surface area contributed by atoms with Gasteiger partial charge in [-0.25, -0.2) is 0 Å². The molecule has 2 aromatic rings.